The van der Waals surface area contributed by atoms with Crippen molar-refractivity contribution in [1.29, 1.82) is 0 Å². The number of amides is 1. The normalized spacial score (nSPS) is 15.1. The SMILES string of the molecule is Cc1nnsc1C(=O)N1CC[NH+](CC(c2ccccc2)c2ccccc2)CC1. The molecule has 1 fully saturated rings. The molecule has 1 amide bonds. The zero-order valence-electron chi connectivity index (χ0n) is 16.0. The van der Waals surface area contributed by atoms with E-state index in [1.165, 1.54) is 22.7 Å². The summed E-state index contributed by atoms with van der Waals surface area (Å²) in [6, 6.07) is 21.5. The van der Waals surface area contributed by atoms with Gasteiger partial charge in [-0.05, 0) is 29.6 Å². The molecule has 144 valence electrons. The van der Waals surface area contributed by atoms with Crippen molar-refractivity contribution in [3.05, 3.63) is 82.4 Å². The van der Waals surface area contributed by atoms with Crippen LogP contribution >= 0.6 is 11.5 Å². The van der Waals surface area contributed by atoms with Gasteiger partial charge in [-0.1, -0.05) is 65.2 Å². The van der Waals surface area contributed by atoms with Crippen LogP contribution in [0.25, 0.3) is 0 Å². The third kappa shape index (κ3) is 4.13. The number of aromatic nitrogens is 2. The standard InChI is InChI=1S/C22H24N4OS/c1-17-21(28-24-23-17)22(27)26-14-12-25(13-15-26)16-20(18-8-4-2-5-9-18)19-10-6-3-7-11-19/h2-11,20H,12-16H2,1H3/p+1. The predicted octanol–water partition coefficient (Wildman–Crippen LogP) is 2.02. The van der Waals surface area contributed by atoms with Crippen molar-refractivity contribution in [2.75, 3.05) is 32.7 Å². The molecule has 5 nitrogen and oxygen atoms in total. The Morgan fingerprint density at radius 1 is 1.04 bits per heavy atom. The number of hydrogen-bond acceptors (Lipinski definition) is 4. The quantitative estimate of drug-likeness (QED) is 0.722. The highest BCUT2D eigenvalue weighted by Gasteiger charge is 2.29. The summed E-state index contributed by atoms with van der Waals surface area (Å²) in [6.07, 6.45) is 0. The minimum Gasteiger partial charge on any atom is -0.331 e. The number of nitrogens with one attached hydrogen (secondary N) is 1. The maximum atomic E-state index is 12.7. The lowest BCUT2D eigenvalue weighted by Gasteiger charge is -2.34. The largest absolute Gasteiger partial charge is 0.331 e. The lowest BCUT2D eigenvalue weighted by Crippen LogP contribution is -3.15. The molecule has 0 radical (unpaired) electrons. The third-order valence-electron chi connectivity index (χ3n) is 5.50. The molecule has 0 atom stereocenters. The van der Waals surface area contributed by atoms with Gasteiger partial charge in [0, 0.05) is 0 Å². The molecule has 0 bridgehead atoms. The Balaban J connectivity index is 1.43. The van der Waals surface area contributed by atoms with Gasteiger partial charge in [-0.3, -0.25) is 4.79 Å². The van der Waals surface area contributed by atoms with Crippen LogP contribution in [-0.4, -0.2) is 53.1 Å². The highest BCUT2D eigenvalue weighted by molar-refractivity contribution is 7.07. The van der Waals surface area contributed by atoms with Crippen LogP contribution < -0.4 is 4.90 Å². The summed E-state index contributed by atoms with van der Waals surface area (Å²) in [5, 5.41) is 3.97. The molecule has 28 heavy (non-hydrogen) atoms. The number of carbonyl (C=O) groups excluding carboxylic acids is 1. The van der Waals surface area contributed by atoms with Gasteiger partial charge >= 0.3 is 0 Å². The fourth-order valence-electron chi connectivity index (χ4n) is 3.89. The minimum atomic E-state index is 0.0780. The van der Waals surface area contributed by atoms with Crippen molar-refractivity contribution >= 4 is 17.4 Å². The summed E-state index contributed by atoms with van der Waals surface area (Å²) in [7, 11) is 0. The van der Waals surface area contributed by atoms with Crippen LogP contribution in [0.15, 0.2) is 60.7 Å². The maximum absolute atomic E-state index is 12.7. The second-order valence-corrected chi connectivity index (χ2v) is 8.06. The minimum absolute atomic E-state index is 0.0780. The number of aryl methyl sites for hydroxylation is 1. The number of nitrogens with zero attached hydrogens (tertiary/aromatic N) is 3. The Morgan fingerprint density at radius 3 is 2.11 bits per heavy atom. The number of piperazine rings is 1. The van der Waals surface area contributed by atoms with E-state index in [0.717, 1.165) is 38.4 Å². The van der Waals surface area contributed by atoms with Crippen molar-refractivity contribution in [2.45, 2.75) is 12.8 Å². The van der Waals surface area contributed by atoms with Gasteiger partial charge in [-0.25, -0.2) is 0 Å². The fraction of sp³-hybridized carbons (Fsp3) is 0.318. The zero-order valence-corrected chi connectivity index (χ0v) is 16.9. The molecule has 0 unspecified atom stereocenters. The molecule has 6 heteroatoms. The smallest absolute Gasteiger partial charge is 0.267 e. The van der Waals surface area contributed by atoms with Crippen molar-refractivity contribution in [3.8, 4) is 0 Å². The van der Waals surface area contributed by atoms with Crippen LogP contribution in [0.3, 0.4) is 0 Å². The van der Waals surface area contributed by atoms with Gasteiger partial charge in [0.15, 0.2) is 0 Å². The van der Waals surface area contributed by atoms with Crippen LogP contribution in [0.1, 0.15) is 32.4 Å². The van der Waals surface area contributed by atoms with Gasteiger partial charge < -0.3 is 9.80 Å². The van der Waals surface area contributed by atoms with Gasteiger partial charge in [0.2, 0.25) is 0 Å². The topological polar surface area (TPSA) is 50.5 Å². The Morgan fingerprint density at radius 2 is 1.61 bits per heavy atom. The van der Waals surface area contributed by atoms with Crippen LogP contribution in [0.5, 0.6) is 0 Å². The van der Waals surface area contributed by atoms with Crippen LogP contribution in [0.4, 0.5) is 0 Å². The van der Waals surface area contributed by atoms with Gasteiger partial charge in [-0.2, -0.15) is 0 Å². The first kappa shape index (κ1) is 18.8. The van der Waals surface area contributed by atoms with Crippen molar-refractivity contribution in [3.63, 3.8) is 0 Å². The van der Waals surface area contributed by atoms with E-state index >= 15 is 0 Å². The molecule has 1 N–H and O–H groups in total. The molecular formula is C22H25N4OS+. The Kier molecular flexibility index (Phi) is 5.78. The summed E-state index contributed by atoms with van der Waals surface area (Å²) in [5.74, 6) is 0.446. The summed E-state index contributed by atoms with van der Waals surface area (Å²) in [6.45, 7) is 6.38. The fourth-order valence-corrected chi connectivity index (χ4v) is 4.51. The van der Waals surface area contributed by atoms with E-state index in [-0.39, 0.29) is 5.91 Å². The Labute approximate surface area is 169 Å². The highest BCUT2D eigenvalue weighted by atomic mass is 32.1. The Bertz CT molecular complexity index is 865. The first-order chi connectivity index (χ1) is 13.7. The second kappa shape index (κ2) is 8.63. The highest BCUT2D eigenvalue weighted by Crippen LogP contribution is 2.23. The van der Waals surface area contributed by atoms with Gasteiger partial charge in [0.05, 0.1) is 44.3 Å². The second-order valence-electron chi connectivity index (χ2n) is 7.31. The molecule has 0 spiro atoms. The molecular weight excluding hydrogens is 368 g/mol. The number of hydrogen-bond donors (Lipinski definition) is 1. The number of carbonyl (C=O) groups is 1. The molecule has 1 aliphatic heterocycles. The van der Waals surface area contributed by atoms with E-state index < -0.39 is 0 Å². The average Bonchev–Trinajstić information content (AvgIpc) is 3.19. The van der Waals surface area contributed by atoms with E-state index in [1.807, 2.05) is 11.8 Å². The molecule has 3 aromatic rings. The van der Waals surface area contributed by atoms with Crippen LogP contribution in [-0.2, 0) is 0 Å². The number of rotatable bonds is 5. The first-order valence-corrected chi connectivity index (χ1v) is 10.5. The Hall–Kier alpha value is -2.57. The zero-order chi connectivity index (χ0) is 19.3. The average molecular weight is 394 g/mol. The molecule has 0 saturated carbocycles. The van der Waals surface area contributed by atoms with Gasteiger partial charge in [0.25, 0.3) is 5.91 Å². The molecule has 1 saturated heterocycles. The number of quaternary nitrogens is 1. The third-order valence-corrected chi connectivity index (χ3v) is 6.32. The lowest BCUT2D eigenvalue weighted by atomic mass is 9.90. The van der Waals surface area contributed by atoms with E-state index in [0.29, 0.717) is 10.8 Å². The van der Waals surface area contributed by atoms with E-state index in [2.05, 4.69) is 70.3 Å². The molecule has 1 aromatic heterocycles. The predicted molar refractivity (Wildman–Crippen MR) is 111 cm³/mol. The monoisotopic (exact) mass is 393 g/mol. The van der Waals surface area contributed by atoms with Gasteiger partial charge in [-0.15, -0.1) is 5.10 Å². The first-order valence-electron chi connectivity index (χ1n) is 9.74. The molecule has 0 aliphatic carbocycles. The summed E-state index contributed by atoms with van der Waals surface area (Å²) in [5.41, 5.74) is 3.44. The summed E-state index contributed by atoms with van der Waals surface area (Å²) >= 11 is 1.20. The van der Waals surface area contributed by atoms with Crippen molar-refractivity contribution < 1.29 is 9.69 Å². The number of benzene rings is 2. The van der Waals surface area contributed by atoms with Gasteiger partial charge in [0.1, 0.15) is 4.88 Å². The summed E-state index contributed by atoms with van der Waals surface area (Å²) < 4.78 is 3.90. The van der Waals surface area contributed by atoms with E-state index in [4.69, 9.17) is 0 Å². The molecule has 2 aromatic carbocycles. The lowest BCUT2D eigenvalue weighted by molar-refractivity contribution is -0.904. The molecule has 1 aliphatic rings. The molecule has 2 heterocycles. The van der Waals surface area contributed by atoms with E-state index in [9.17, 15) is 4.79 Å². The van der Waals surface area contributed by atoms with E-state index in [1.54, 1.807) is 4.90 Å². The van der Waals surface area contributed by atoms with Crippen LogP contribution in [0.2, 0.25) is 0 Å². The van der Waals surface area contributed by atoms with Crippen LogP contribution in [0, 0.1) is 6.92 Å². The van der Waals surface area contributed by atoms with Crippen molar-refractivity contribution in [2.24, 2.45) is 0 Å². The molecule has 4 rings (SSSR count). The summed E-state index contributed by atoms with van der Waals surface area (Å²) in [4.78, 5) is 16.9. The maximum Gasteiger partial charge on any atom is 0.267 e. The van der Waals surface area contributed by atoms with Crippen molar-refractivity contribution in [1.82, 2.24) is 14.5 Å².